The average Bonchev–Trinajstić information content (AvgIpc) is 3.30. The number of carboxylic acids is 1. The third kappa shape index (κ3) is 3.12. The highest BCUT2D eigenvalue weighted by Crippen LogP contribution is 2.45. The Labute approximate surface area is 119 Å². The molecular weight excluding hydrogens is 254 g/mol. The lowest BCUT2D eigenvalue weighted by molar-refractivity contribution is -0.137. The second-order valence-electron chi connectivity index (χ2n) is 5.74. The van der Waals surface area contributed by atoms with Crippen molar-refractivity contribution in [2.75, 3.05) is 31.2 Å². The summed E-state index contributed by atoms with van der Waals surface area (Å²) in [4.78, 5) is 13.4. The lowest BCUT2D eigenvalue weighted by Crippen LogP contribution is -2.36. The summed E-state index contributed by atoms with van der Waals surface area (Å²) in [5.74, 6) is 0.0400. The molecule has 1 unspecified atom stereocenters. The molecule has 1 aliphatic heterocycles. The standard InChI is InChI=1S/C16H21NO3/c18-16(19)11-15(12-4-5-12)13-2-1-3-14(10-13)17-6-8-20-9-7-17/h1-3,10,12,15H,4-9,11H2,(H,18,19). The quantitative estimate of drug-likeness (QED) is 0.897. The highest BCUT2D eigenvalue weighted by atomic mass is 16.5. The number of nitrogens with zero attached hydrogens (tertiary/aromatic N) is 1. The summed E-state index contributed by atoms with van der Waals surface area (Å²) in [7, 11) is 0. The molecule has 1 saturated heterocycles. The molecule has 0 radical (unpaired) electrons. The SMILES string of the molecule is O=C(O)CC(c1cccc(N2CCOCC2)c1)C1CC1. The van der Waals surface area contributed by atoms with Crippen molar-refractivity contribution in [3.8, 4) is 0 Å². The first kappa shape index (κ1) is 13.4. The Bertz CT molecular complexity index is 478. The summed E-state index contributed by atoms with van der Waals surface area (Å²) >= 11 is 0. The Kier molecular flexibility index (Phi) is 3.92. The van der Waals surface area contributed by atoms with Crippen LogP contribution in [0.15, 0.2) is 24.3 Å². The van der Waals surface area contributed by atoms with Gasteiger partial charge in [-0.1, -0.05) is 12.1 Å². The Morgan fingerprint density at radius 3 is 2.75 bits per heavy atom. The number of hydrogen-bond acceptors (Lipinski definition) is 3. The number of carbonyl (C=O) groups is 1. The molecule has 0 aromatic heterocycles. The predicted octanol–water partition coefficient (Wildman–Crippen LogP) is 2.49. The van der Waals surface area contributed by atoms with Gasteiger partial charge in [-0.3, -0.25) is 4.79 Å². The molecule has 1 aromatic rings. The smallest absolute Gasteiger partial charge is 0.303 e. The van der Waals surface area contributed by atoms with Crippen LogP contribution in [0.2, 0.25) is 0 Å². The van der Waals surface area contributed by atoms with Crippen LogP contribution in [0.3, 0.4) is 0 Å². The molecule has 20 heavy (non-hydrogen) atoms. The summed E-state index contributed by atoms with van der Waals surface area (Å²) in [6, 6.07) is 8.42. The first-order valence-electron chi connectivity index (χ1n) is 7.38. The maximum atomic E-state index is 11.1. The van der Waals surface area contributed by atoms with E-state index in [0.29, 0.717) is 5.92 Å². The van der Waals surface area contributed by atoms with Crippen LogP contribution in [-0.2, 0) is 9.53 Å². The number of anilines is 1. The first-order chi connectivity index (χ1) is 9.74. The van der Waals surface area contributed by atoms with Gasteiger partial charge in [0, 0.05) is 18.8 Å². The normalized spacial score (nSPS) is 20.7. The van der Waals surface area contributed by atoms with E-state index in [1.807, 2.05) is 0 Å². The van der Waals surface area contributed by atoms with E-state index in [-0.39, 0.29) is 12.3 Å². The highest BCUT2D eigenvalue weighted by Gasteiger charge is 2.33. The fourth-order valence-corrected chi connectivity index (χ4v) is 3.02. The molecule has 2 aliphatic rings. The number of morpholine rings is 1. The molecule has 0 spiro atoms. The predicted molar refractivity (Wildman–Crippen MR) is 77.2 cm³/mol. The van der Waals surface area contributed by atoms with Gasteiger partial charge < -0.3 is 14.7 Å². The topological polar surface area (TPSA) is 49.8 Å². The van der Waals surface area contributed by atoms with Crippen molar-refractivity contribution in [1.29, 1.82) is 0 Å². The average molecular weight is 275 g/mol. The third-order valence-corrected chi connectivity index (χ3v) is 4.26. The van der Waals surface area contributed by atoms with Crippen LogP contribution in [-0.4, -0.2) is 37.4 Å². The van der Waals surface area contributed by atoms with Gasteiger partial charge >= 0.3 is 5.97 Å². The minimum absolute atomic E-state index is 0.175. The molecule has 3 rings (SSSR count). The van der Waals surface area contributed by atoms with Crippen LogP contribution < -0.4 is 4.90 Å². The van der Waals surface area contributed by atoms with Crippen molar-refractivity contribution in [2.24, 2.45) is 5.92 Å². The van der Waals surface area contributed by atoms with Crippen molar-refractivity contribution < 1.29 is 14.6 Å². The second kappa shape index (κ2) is 5.83. The largest absolute Gasteiger partial charge is 0.481 e. The summed E-state index contributed by atoms with van der Waals surface area (Å²) in [6.45, 7) is 3.36. The van der Waals surface area contributed by atoms with Gasteiger partial charge in [0.25, 0.3) is 0 Å². The van der Waals surface area contributed by atoms with E-state index in [1.165, 1.54) is 24.1 Å². The molecule has 1 saturated carbocycles. The van der Waals surface area contributed by atoms with Gasteiger partial charge in [-0.25, -0.2) is 0 Å². The number of carboxylic acid groups (broad SMARTS) is 1. The molecule has 2 fully saturated rings. The Morgan fingerprint density at radius 1 is 1.35 bits per heavy atom. The van der Waals surface area contributed by atoms with Crippen LogP contribution in [0.1, 0.15) is 30.7 Å². The highest BCUT2D eigenvalue weighted by molar-refractivity contribution is 5.68. The van der Waals surface area contributed by atoms with E-state index in [9.17, 15) is 4.79 Å². The summed E-state index contributed by atoms with van der Waals surface area (Å²) in [5, 5.41) is 9.11. The molecule has 0 amide bonds. The van der Waals surface area contributed by atoms with Crippen LogP contribution in [0.5, 0.6) is 0 Å². The fourth-order valence-electron chi connectivity index (χ4n) is 3.02. The van der Waals surface area contributed by atoms with Gasteiger partial charge in [0.15, 0.2) is 0 Å². The monoisotopic (exact) mass is 275 g/mol. The third-order valence-electron chi connectivity index (χ3n) is 4.26. The van der Waals surface area contributed by atoms with E-state index in [0.717, 1.165) is 26.3 Å². The molecular formula is C16H21NO3. The minimum atomic E-state index is -0.696. The van der Waals surface area contributed by atoms with Crippen LogP contribution in [0.25, 0.3) is 0 Å². The molecule has 1 aliphatic carbocycles. The van der Waals surface area contributed by atoms with Gasteiger partial charge in [-0.05, 0) is 42.4 Å². The molecule has 1 N–H and O–H groups in total. The lowest BCUT2D eigenvalue weighted by Gasteiger charge is -2.29. The van der Waals surface area contributed by atoms with Crippen molar-refractivity contribution in [3.05, 3.63) is 29.8 Å². The van der Waals surface area contributed by atoms with Gasteiger partial charge in [-0.15, -0.1) is 0 Å². The Balaban J connectivity index is 1.79. The minimum Gasteiger partial charge on any atom is -0.481 e. The first-order valence-corrected chi connectivity index (χ1v) is 7.38. The maximum Gasteiger partial charge on any atom is 0.303 e. The second-order valence-corrected chi connectivity index (χ2v) is 5.74. The van der Waals surface area contributed by atoms with Crippen LogP contribution >= 0.6 is 0 Å². The molecule has 1 aromatic carbocycles. The van der Waals surface area contributed by atoms with Crippen molar-refractivity contribution in [1.82, 2.24) is 0 Å². The number of benzene rings is 1. The Hall–Kier alpha value is -1.55. The van der Waals surface area contributed by atoms with Crippen molar-refractivity contribution >= 4 is 11.7 Å². The molecule has 4 nitrogen and oxygen atoms in total. The molecule has 1 heterocycles. The van der Waals surface area contributed by atoms with E-state index in [1.54, 1.807) is 0 Å². The van der Waals surface area contributed by atoms with Crippen LogP contribution in [0, 0.1) is 5.92 Å². The number of aliphatic carboxylic acids is 1. The molecule has 1 atom stereocenters. The molecule has 4 heteroatoms. The van der Waals surface area contributed by atoms with Gasteiger partial charge in [0.1, 0.15) is 0 Å². The summed E-state index contributed by atoms with van der Waals surface area (Å²) in [6.07, 6.45) is 2.58. The van der Waals surface area contributed by atoms with Crippen molar-refractivity contribution in [2.45, 2.75) is 25.2 Å². The van der Waals surface area contributed by atoms with Gasteiger partial charge in [-0.2, -0.15) is 0 Å². The molecule has 0 bridgehead atoms. The number of hydrogen-bond donors (Lipinski definition) is 1. The van der Waals surface area contributed by atoms with E-state index in [2.05, 4.69) is 29.2 Å². The number of rotatable bonds is 5. The zero-order chi connectivity index (χ0) is 13.9. The van der Waals surface area contributed by atoms with Crippen molar-refractivity contribution in [3.63, 3.8) is 0 Å². The zero-order valence-corrected chi connectivity index (χ0v) is 11.6. The number of ether oxygens (including phenoxy) is 1. The maximum absolute atomic E-state index is 11.1. The van der Waals surface area contributed by atoms with Crippen LogP contribution in [0.4, 0.5) is 5.69 Å². The van der Waals surface area contributed by atoms with Gasteiger partial charge in [0.05, 0.1) is 19.6 Å². The van der Waals surface area contributed by atoms with Gasteiger partial charge in [0.2, 0.25) is 0 Å². The Morgan fingerprint density at radius 2 is 2.10 bits per heavy atom. The van der Waals surface area contributed by atoms with E-state index in [4.69, 9.17) is 9.84 Å². The summed E-state index contributed by atoms with van der Waals surface area (Å²) < 4.78 is 5.38. The summed E-state index contributed by atoms with van der Waals surface area (Å²) in [5.41, 5.74) is 2.38. The van der Waals surface area contributed by atoms with E-state index < -0.39 is 5.97 Å². The van der Waals surface area contributed by atoms with E-state index >= 15 is 0 Å². The lowest BCUT2D eigenvalue weighted by atomic mass is 9.90. The molecule has 108 valence electrons. The fraction of sp³-hybridized carbons (Fsp3) is 0.562. The zero-order valence-electron chi connectivity index (χ0n) is 11.6.